The smallest absolute Gasteiger partial charge is 0.258 e. The van der Waals surface area contributed by atoms with E-state index in [-0.39, 0.29) is 5.91 Å². The van der Waals surface area contributed by atoms with Gasteiger partial charge in [-0.25, -0.2) is 4.39 Å². The summed E-state index contributed by atoms with van der Waals surface area (Å²) in [6, 6.07) is 19.8. The fraction of sp³-hybridized carbons (Fsp3) is 0.160. The topological polar surface area (TPSA) is 93.2 Å². The summed E-state index contributed by atoms with van der Waals surface area (Å²) >= 11 is 0. The van der Waals surface area contributed by atoms with Gasteiger partial charge in [0.2, 0.25) is 0 Å². The van der Waals surface area contributed by atoms with Gasteiger partial charge in [0.1, 0.15) is 5.82 Å². The summed E-state index contributed by atoms with van der Waals surface area (Å²) in [5.41, 5.74) is 17.3. The van der Waals surface area contributed by atoms with Gasteiger partial charge in [-0.2, -0.15) is 0 Å². The van der Waals surface area contributed by atoms with Crippen LogP contribution in [0.25, 0.3) is 11.3 Å². The van der Waals surface area contributed by atoms with E-state index in [2.05, 4.69) is 10.6 Å². The van der Waals surface area contributed by atoms with E-state index in [0.29, 0.717) is 29.1 Å². The molecule has 4 rings (SSSR count). The van der Waals surface area contributed by atoms with Crippen molar-refractivity contribution in [2.45, 2.75) is 25.9 Å². The predicted octanol–water partition coefficient (Wildman–Crippen LogP) is 4.41. The molecular formula is C25H25FN4O. The van der Waals surface area contributed by atoms with Crippen LogP contribution in [0.3, 0.4) is 0 Å². The Morgan fingerprint density at radius 1 is 1.06 bits per heavy atom. The molecular weight excluding hydrogens is 391 g/mol. The molecule has 0 radical (unpaired) electrons. The molecule has 0 fully saturated rings. The number of carbonyl (C=O) groups is 1. The van der Waals surface area contributed by atoms with Crippen LogP contribution in [0.5, 0.6) is 0 Å². The van der Waals surface area contributed by atoms with E-state index < -0.39 is 11.4 Å². The first-order valence-corrected chi connectivity index (χ1v) is 10.1. The molecule has 0 spiro atoms. The molecule has 0 saturated carbocycles. The maximum atomic E-state index is 13.7. The van der Waals surface area contributed by atoms with Crippen molar-refractivity contribution in [1.82, 2.24) is 0 Å². The fourth-order valence-electron chi connectivity index (χ4n) is 3.65. The summed E-state index contributed by atoms with van der Waals surface area (Å²) in [4.78, 5) is 12.9. The number of nitrogens with two attached hydrogens (primary N) is 2. The standard InChI is InChI=1S/C25H25FN4O/c1-25(2,28)17-6-9-19(10-7-17)29-23(16-5-3-4-15(12-16)14-27)22-20-11-8-18(26)13-21(20)30-24(22)31/h3-13,29H,14,27-28H2,1-2H3,(H,30,31)/b23-22-. The van der Waals surface area contributed by atoms with Crippen LogP contribution in [-0.4, -0.2) is 5.91 Å². The molecule has 31 heavy (non-hydrogen) atoms. The molecule has 0 aromatic heterocycles. The lowest BCUT2D eigenvalue weighted by Gasteiger charge is -2.20. The molecule has 158 valence electrons. The number of amides is 1. The van der Waals surface area contributed by atoms with Crippen LogP contribution in [0.15, 0.2) is 66.7 Å². The number of hydrogen-bond acceptors (Lipinski definition) is 4. The summed E-state index contributed by atoms with van der Waals surface area (Å²) in [5.74, 6) is -0.694. The second-order valence-electron chi connectivity index (χ2n) is 8.22. The Morgan fingerprint density at radius 2 is 1.81 bits per heavy atom. The number of benzene rings is 3. The minimum absolute atomic E-state index is 0.291. The third-order valence-corrected chi connectivity index (χ3v) is 5.33. The van der Waals surface area contributed by atoms with Crippen LogP contribution >= 0.6 is 0 Å². The molecule has 1 aliphatic rings. The van der Waals surface area contributed by atoms with E-state index in [1.165, 1.54) is 12.1 Å². The third-order valence-electron chi connectivity index (χ3n) is 5.33. The van der Waals surface area contributed by atoms with Crippen LogP contribution in [0.4, 0.5) is 15.8 Å². The van der Waals surface area contributed by atoms with Crippen LogP contribution in [0.2, 0.25) is 0 Å². The van der Waals surface area contributed by atoms with Gasteiger partial charge in [-0.05, 0) is 66.9 Å². The van der Waals surface area contributed by atoms with Gasteiger partial charge in [0, 0.05) is 23.3 Å². The Hall–Kier alpha value is -3.48. The molecule has 0 bridgehead atoms. The summed E-state index contributed by atoms with van der Waals surface area (Å²) in [7, 11) is 0. The summed E-state index contributed by atoms with van der Waals surface area (Å²) in [6.07, 6.45) is 0. The SMILES string of the molecule is CC(C)(N)c1ccc(N/C(=C2\C(=O)Nc3cc(F)ccc32)c2cccc(CN)c2)cc1. The molecule has 0 saturated heterocycles. The number of anilines is 2. The lowest BCUT2D eigenvalue weighted by Crippen LogP contribution is -2.28. The van der Waals surface area contributed by atoms with Crippen molar-refractivity contribution in [3.05, 3.63) is 94.8 Å². The number of hydrogen-bond donors (Lipinski definition) is 4. The number of nitrogens with one attached hydrogen (secondary N) is 2. The van der Waals surface area contributed by atoms with Gasteiger partial charge in [0.05, 0.1) is 17.0 Å². The Kier molecular flexibility index (Phi) is 5.35. The minimum atomic E-state index is -0.455. The van der Waals surface area contributed by atoms with E-state index in [4.69, 9.17) is 11.5 Å². The summed E-state index contributed by atoms with van der Waals surface area (Å²) in [6.45, 7) is 4.27. The molecule has 6 N–H and O–H groups in total. The first kappa shape index (κ1) is 20.8. The van der Waals surface area contributed by atoms with Crippen LogP contribution in [0, 0.1) is 5.82 Å². The maximum Gasteiger partial charge on any atom is 0.258 e. The highest BCUT2D eigenvalue weighted by Crippen LogP contribution is 2.38. The van der Waals surface area contributed by atoms with Gasteiger partial charge in [-0.15, -0.1) is 0 Å². The number of halogens is 1. The first-order chi connectivity index (χ1) is 14.8. The lowest BCUT2D eigenvalue weighted by atomic mass is 9.95. The zero-order valence-electron chi connectivity index (χ0n) is 17.5. The summed E-state index contributed by atoms with van der Waals surface area (Å²) in [5, 5.41) is 6.16. The van der Waals surface area contributed by atoms with E-state index in [9.17, 15) is 9.18 Å². The second kappa shape index (κ2) is 7.98. The van der Waals surface area contributed by atoms with Gasteiger partial charge in [0.15, 0.2) is 0 Å². The highest BCUT2D eigenvalue weighted by atomic mass is 19.1. The Balaban J connectivity index is 1.85. The van der Waals surface area contributed by atoms with Crippen LogP contribution < -0.4 is 22.1 Å². The largest absolute Gasteiger partial charge is 0.354 e. The lowest BCUT2D eigenvalue weighted by molar-refractivity contribution is -0.110. The molecule has 1 heterocycles. The van der Waals surface area contributed by atoms with E-state index in [1.54, 1.807) is 6.07 Å². The molecule has 0 aliphatic carbocycles. The van der Waals surface area contributed by atoms with Crippen molar-refractivity contribution >= 4 is 28.6 Å². The average molecular weight is 417 g/mol. The van der Waals surface area contributed by atoms with Gasteiger partial charge >= 0.3 is 0 Å². The zero-order chi connectivity index (χ0) is 22.2. The highest BCUT2D eigenvalue weighted by Gasteiger charge is 2.29. The second-order valence-corrected chi connectivity index (χ2v) is 8.22. The van der Waals surface area contributed by atoms with Crippen molar-refractivity contribution in [3.8, 4) is 0 Å². The molecule has 3 aromatic carbocycles. The predicted molar refractivity (Wildman–Crippen MR) is 123 cm³/mol. The average Bonchev–Trinajstić information content (AvgIpc) is 3.06. The van der Waals surface area contributed by atoms with Gasteiger partial charge in [-0.1, -0.05) is 30.3 Å². The molecule has 5 nitrogen and oxygen atoms in total. The van der Waals surface area contributed by atoms with Crippen molar-refractivity contribution in [3.63, 3.8) is 0 Å². The van der Waals surface area contributed by atoms with Crippen molar-refractivity contribution in [2.75, 3.05) is 10.6 Å². The van der Waals surface area contributed by atoms with Crippen molar-refractivity contribution in [1.29, 1.82) is 0 Å². The molecule has 3 aromatic rings. The quantitative estimate of drug-likeness (QED) is 0.464. The van der Waals surface area contributed by atoms with Crippen LogP contribution in [-0.2, 0) is 16.9 Å². The number of fused-ring (bicyclic) bond motifs is 1. The molecule has 0 atom stereocenters. The zero-order valence-corrected chi connectivity index (χ0v) is 17.5. The Morgan fingerprint density at radius 3 is 2.48 bits per heavy atom. The molecule has 1 amide bonds. The van der Waals surface area contributed by atoms with Gasteiger partial charge < -0.3 is 22.1 Å². The highest BCUT2D eigenvalue weighted by molar-refractivity contribution is 6.37. The minimum Gasteiger partial charge on any atom is -0.354 e. The van der Waals surface area contributed by atoms with Crippen LogP contribution in [0.1, 0.15) is 36.1 Å². The Labute approximate surface area is 181 Å². The number of carbonyl (C=O) groups excluding carboxylic acids is 1. The number of rotatable bonds is 5. The van der Waals surface area contributed by atoms with Gasteiger partial charge in [0.25, 0.3) is 5.91 Å². The first-order valence-electron chi connectivity index (χ1n) is 10.1. The van der Waals surface area contributed by atoms with Crippen molar-refractivity contribution < 1.29 is 9.18 Å². The normalized spacial score (nSPS) is 14.8. The Bertz CT molecular complexity index is 1180. The molecule has 6 heteroatoms. The fourth-order valence-corrected chi connectivity index (χ4v) is 3.65. The van der Waals surface area contributed by atoms with Crippen molar-refractivity contribution in [2.24, 2.45) is 11.5 Å². The maximum absolute atomic E-state index is 13.7. The van der Waals surface area contributed by atoms with E-state index >= 15 is 0 Å². The summed E-state index contributed by atoms with van der Waals surface area (Å²) < 4.78 is 13.7. The van der Waals surface area contributed by atoms with E-state index in [0.717, 1.165) is 22.4 Å². The van der Waals surface area contributed by atoms with Gasteiger partial charge in [-0.3, -0.25) is 4.79 Å². The van der Waals surface area contributed by atoms with E-state index in [1.807, 2.05) is 62.4 Å². The monoisotopic (exact) mass is 416 g/mol. The molecule has 0 unspecified atom stereocenters. The third kappa shape index (κ3) is 4.21. The molecule has 1 aliphatic heterocycles.